The number of rotatable bonds is 4. The number of carbonyl (C=O) groups is 2. The third-order valence-electron chi connectivity index (χ3n) is 4.94. The number of halogens is 1. The van der Waals surface area contributed by atoms with Crippen molar-refractivity contribution in [2.75, 3.05) is 6.54 Å². The SMILES string of the molecule is C[C@H](c1ccccc1)N1C[C@H](C2(C(=O)O)CC2)[C@H](F)C1=O. The Labute approximate surface area is 122 Å². The van der Waals surface area contributed by atoms with Crippen molar-refractivity contribution < 1.29 is 19.1 Å². The minimum absolute atomic E-state index is 0.183. The molecule has 1 aliphatic heterocycles. The van der Waals surface area contributed by atoms with Crippen molar-refractivity contribution in [3.63, 3.8) is 0 Å². The molecule has 1 saturated carbocycles. The topological polar surface area (TPSA) is 57.6 Å². The van der Waals surface area contributed by atoms with Crippen LogP contribution in [0.1, 0.15) is 31.4 Å². The molecular formula is C16H18FNO3. The molecule has 2 aliphatic rings. The number of amides is 1. The number of likely N-dealkylation sites (tertiary alicyclic amines) is 1. The van der Waals surface area contributed by atoms with E-state index in [1.54, 1.807) is 0 Å². The van der Waals surface area contributed by atoms with Crippen LogP contribution in [-0.2, 0) is 9.59 Å². The van der Waals surface area contributed by atoms with Gasteiger partial charge in [0.25, 0.3) is 5.91 Å². The van der Waals surface area contributed by atoms with E-state index in [-0.39, 0.29) is 12.6 Å². The summed E-state index contributed by atoms with van der Waals surface area (Å²) >= 11 is 0. The van der Waals surface area contributed by atoms with Crippen LogP contribution in [0.4, 0.5) is 4.39 Å². The van der Waals surface area contributed by atoms with Gasteiger partial charge in [0.05, 0.1) is 11.5 Å². The summed E-state index contributed by atoms with van der Waals surface area (Å²) in [5.41, 5.74) is -0.0980. The molecule has 1 aliphatic carbocycles. The van der Waals surface area contributed by atoms with Crippen LogP contribution in [0.2, 0.25) is 0 Å². The number of hydrogen-bond donors (Lipinski definition) is 1. The minimum atomic E-state index is -1.70. The average Bonchev–Trinajstić information content (AvgIpc) is 3.24. The molecule has 2 fully saturated rings. The molecule has 0 spiro atoms. The molecule has 0 unspecified atom stereocenters. The number of alkyl halides is 1. The second kappa shape index (κ2) is 4.83. The van der Waals surface area contributed by atoms with Crippen molar-refractivity contribution >= 4 is 11.9 Å². The fraction of sp³-hybridized carbons (Fsp3) is 0.500. The van der Waals surface area contributed by atoms with Gasteiger partial charge in [0.15, 0.2) is 6.17 Å². The first-order valence-electron chi connectivity index (χ1n) is 7.20. The third-order valence-corrected chi connectivity index (χ3v) is 4.94. The Bertz CT molecular complexity index is 570. The summed E-state index contributed by atoms with van der Waals surface area (Å²) in [6.07, 6.45) is -0.766. The van der Waals surface area contributed by atoms with E-state index in [4.69, 9.17) is 0 Å². The van der Waals surface area contributed by atoms with Gasteiger partial charge in [-0.15, -0.1) is 0 Å². The molecule has 0 radical (unpaired) electrons. The van der Waals surface area contributed by atoms with Crippen molar-refractivity contribution in [3.8, 4) is 0 Å². The van der Waals surface area contributed by atoms with Crippen LogP contribution in [0.15, 0.2) is 30.3 Å². The Hall–Kier alpha value is -1.91. The van der Waals surface area contributed by atoms with Gasteiger partial charge in [-0.3, -0.25) is 9.59 Å². The molecule has 5 heteroatoms. The molecule has 1 aromatic carbocycles. The van der Waals surface area contributed by atoms with Gasteiger partial charge in [0.2, 0.25) is 0 Å². The van der Waals surface area contributed by atoms with E-state index < -0.39 is 29.4 Å². The van der Waals surface area contributed by atoms with E-state index >= 15 is 0 Å². The highest BCUT2D eigenvalue weighted by atomic mass is 19.1. The van der Waals surface area contributed by atoms with E-state index in [1.807, 2.05) is 37.3 Å². The summed E-state index contributed by atoms with van der Waals surface area (Å²) in [5, 5.41) is 9.31. The van der Waals surface area contributed by atoms with Crippen molar-refractivity contribution in [1.82, 2.24) is 4.90 Å². The lowest BCUT2D eigenvalue weighted by molar-refractivity contribution is -0.146. The summed E-state index contributed by atoms with van der Waals surface area (Å²) in [7, 11) is 0. The predicted octanol–water partition coefficient (Wildman–Crippen LogP) is 2.41. The number of nitrogens with zero attached hydrogens (tertiary/aromatic N) is 1. The smallest absolute Gasteiger partial charge is 0.310 e. The van der Waals surface area contributed by atoms with Crippen molar-refractivity contribution in [3.05, 3.63) is 35.9 Å². The van der Waals surface area contributed by atoms with E-state index in [0.717, 1.165) is 5.56 Å². The van der Waals surface area contributed by atoms with Crippen LogP contribution in [0.3, 0.4) is 0 Å². The number of carboxylic acid groups (broad SMARTS) is 1. The maximum atomic E-state index is 14.3. The second-order valence-electron chi connectivity index (χ2n) is 6.05. The maximum absolute atomic E-state index is 14.3. The number of hydrogen-bond acceptors (Lipinski definition) is 2. The van der Waals surface area contributed by atoms with Gasteiger partial charge in [-0.2, -0.15) is 0 Å². The summed E-state index contributed by atoms with van der Waals surface area (Å²) in [4.78, 5) is 25.0. The van der Waals surface area contributed by atoms with Crippen molar-refractivity contribution in [1.29, 1.82) is 0 Å². The predicted molar refractivity (Wildman–Crippen MR) is 74.3 cm³/mol. The summed E-state index contributed by atoms with van der Waals surface area (Å²) in [6, 6.07) is 9.16. The molecule has 4 nitrogen and oxygen atoms in total. The van der Waals surface area contributed by atoms with Crippen molar-refractivity contribution in [2.24, 2.45) is 11.3 Å². The molecule has 1 heterocycles. The fourth-order valence-electron chi connectivity index (χ4n) is 3.32. The van der Waals surface area contributed by atoms with Crippen LogP contribution in [0.5, 0.6) is 0 Å². The molecule has 112 valence electrons. The summed E-state index contributed by atoms with van der Waals surface area (Å²) in [5.74, 6) is -2.28. The Kier molecular flexibility index (Phi) is 3.23. The monoisotopic (exact) mass is 291 g/mol. The highest BCUT2D eigenvalue weighted by Crippen LogP contribution is 2.56. The molecule has 1 amide bonds. The van der Waals surface area contributed by atoms with Gasteiger partial charge in [0.1, 0.15) is 0 Å². The van der Waals surface area contributed by atoms with E-state index in [9.17, 15) is 19.1 Å². The average molecular weight is 291 g/mol. The van der Waals surface area contributed by atoms with Crippen molar-refractivity contribution in [2.45, 2.75) is 32.0 Å². The highest BCUT2D eigenvalue weighted by molar-refractivity contribution is 5.87. The largest absolute Gasteiger partial charge is 0.481 e. The lowest BCUT2D eigenvalue weighted by atomic mass is 9.87. The Balaban J connectivity index is 1.83. The maximum Gasteiger partial charge on any atom is 0.310 e. The fourth-order valence-corrected chi connectivity index (χ4v) is 3.32. The summed E-state index contributed by atoms with van der Waals surface area (Å²) < 4.78 is 14.3. The Morgan fingerprint density at radius 2 is 2.00 bits per heavy atom. The standard InChI is InChI=1S/C16H18FNO3/c1-10(11-5-3-2-4-6-11)18-9-12(13(17)14(18)19)16(7-8-16)15(20)21/h2-6,10,12-13H,7-9H2,1H3,(H,20,21)/t10-,12+,13+/m1/s1. The molecule has 3 atom stereocenters. The number of carboxylic acids is 1. The molecule has 0 aromatic heterocycles. The Morgan fingerprint density at radius 3 is 2.52 bits per heavy atom. The van der Waals surface area contributed by atoms with E-state index in [0.29, 0.717) is 12.8 Å². The minimum Gasteiger partial charge on any atom is -0.481 e. The number of aliphatic carboxylic acids is 1. The van der Waals surface area contributed by atoms with Crippen LogP contribution in [0, 0.1) is 11.3 Å². The van der Waals surface area contributed by atoms with Gasteiger partial charge in [0, 0.05) is 12.5 Å². The molecule has 0 bridgehead atoms. The molecule has 1 saturated heterocycles. The van der Waals surface area contributed by atoms with E-state index in [2.05, 4.69) is 0 Å². The Morgan fingerprint density at radius 1 is 1.38 bits per heavy atom. The molecule has 1 N–H and O–H groups in total. The number of benzene rings is 1. The van der Waals surface area contributed by atoms with Crippen LogP contribution in [0.25, 0.3) is 0 Å². The number of carbonyl (C=O) groups excluding carboxylic acids is 1. The third kappa shape index (κ3) is 2.11. The molecule has 1 aromatic rings. The molecular weight excluding hydrogens is 273 g/mol. The lowest BCUT2D eigenvalue weighted by Crippen LogP contribution is -2.32. The molecule has 21 heavy (non-hydrogen) atoms. The zero-order valence-corrected chi connectivity index (χ0v) is 11.8. The molecule has 3 rings (SSSR count). The normalized spacial score (nSPS) is 28.5. The summed E-state index contributed by atoms with van der Waals surface area (Å²) in [6.45, 7) is 2.03. The lowest BCUT2D eigenvalue weighted by Gasteiger charge is -2.25. The van der Waals surface area contributed by atoms with Gasteiger partial charge in [-0.25, -0.2) is 4.39 Å². The zero-order chi connectivity index (χ0) is 15.2. The van der Waals surface area contributed by atoms with Gasteiger partial charge in [-0.05, 0) is 25.3 Å². The van der Waals surface area contributed by atoms with Gasteiger partial charge < -0.3 is 10.0 Å². The van der Waals surface area contributed by atoms with Crippen LogP contribution >= 0.6 is 0 Å². The quantitative estimate of drug-likeness (QED) is 0.926. The van der Waals surface area contributed by atoms with Crippen LogP contribution in [-0.4, -0.2) is 34.6 Å². The van der Waals surface area contributed by atoms with Gasteiger partial charge >= 0.3 is 5.97 Å². The highest BCUT2D eigenvalue weighted by Gasteiger charge is 2.63. The van der Waals surface area contributed by atoms with Gasteiger partial charge in [-0.1, -0.05) is 30.3 Å². The first-order valence-corrected chi connectivity index (χ1v) is 7.20. The first-order chi connectivity index (χ1) is 9.97. The zero-order valence-electron chi connectivity index (χ0n) is 11.8. The first kappa shape index (κ1) is 14.0. The second-order valence-corrected chi connectivity index (χ2v) is 6.05. The van der Waals surface area contributed by atoms with E-state index in [1.165, 1.54) is 4.90 Å². The van der Waals surface area contributed by atoms with Crippen LogP contribution < -0.4 is 0 Å².